The van der Waals surface area contributed by atoms with E-state index in [1.54, 1.807) is 6.20 Å². The summed E-state index contributed by atoms with van der Waals surface area (Å²) in [6.45, 7) is 2.03. The molecule has 0 radical (unpaired) electrons. The molecule has 0 fully saturated rings. The molecule has 4 heteroatoms. The van der Waals surface area contributed by atoms with Crippen molar-refractivity contribution in [2.45, 2.75) is 6.92 Å². The number of aldehydes is 1. The van der Waals surface area contributed by atoms with Crippen LogP contribution >= 0.6 is 0 Å². The van der Waals surface area contributed by atoms with Gasteiger partial charge in [0.1, 0.15) is 0 Å². The molecule has 0 unspecified atom stereocenters. The summed E-state index contributed by atoms with van der Waals surface area (Å²) in [7, 11) is 5.79. The smallest absolute Gasteiger partial charge is 0.152 e. The van der Waals surface area contributed by atoms with Gasteiger partial charge in [-0.3, -0.25) is 9.78 Å². The number of rotatable bonds is 4. The zero-order chi connectivity index (χ0) is 14.7. The Kier molecular flexibility index (Phi) is 4.15. The summed E-state index contributed by atoms with van der Waals surface area (Å²) in [4.78, 5) is 15.7. The summed E-state index contributed by atoms with van der Waals surface area (Å²) in [6, 6.07) is 9.79. The van der Waals surface area contributed by atoms with Gasteiger partial charge in [0.25, 0.3) is 0 Å². The number of aryl methyl sites for hydroxylation is 1. The highest BCUT2D eigenvalue weighted by atomic mass is 16.1. The molecular formula is C16H19N3O. The number of nitrogens with zero attached hydrogens (tertiary/aromatic N) is 3. The lowest BCUT2D eigenvalue weighted by molar-refractivity contribution is 0.112. The molecule has 2 rings (SSSR count). The van der Waals surface area contributed by atoms with E-state index in [-0.39, 0.29) is 0 Å². The summed E-state index contributed by atoms with van der Waals surface area (Å²) in [6.07, 6.45) is 2.67. The van der Waals surface area contributed by atoms with Crippen LogP contribution in [0.25, 0.3) is 11.3 Å². The van der Waals surface area contributed by atoms with Gasteiger partial charge < -0.3 is 5.01 Å². The standard InChI is InChI=1S/C16H19N3O/c1-12-7-8-17-15(9-12)13-5-6-16(14(10-13)11-20)19(4)18(2)3/h5-11H,1-4H3. The lowest BCUT2D eigenvalue weighted by Crippen LogP contribution is -2.33. The zero-order valence-corrected chi connectivity index (χ0v) is 12.3. The average molecular weight is 269 g/mol. The van der Waals surface area contributed by atoms with E-state index in [1.165, 1.54) is 0 Å². The number of pyridine rings is 1. The monoisotopic (exact) mass is 269 g/mol. The predicted octanol–water partition coefficient (Wildman–Crippen LogP) is 2.78. The van der Waals surface area contributed by atoms with Gasteiger partial charge >= 0.3 is 0 Å². The Hall–Kier alpha value is -2.20. The second kappa shape index (κ2) is 5.84. The number of anilines is 1. The molecule has 0 aliphatic rings. The maximum absolute atomic E-state index is 11.3. The number of hydrazine groups is 1. The van der Waals surface area contributed by atoms with Crippen molar-refractivity contribution in [3.63, 3.8) is 0 Å². The van der Waals surface area contributed by atoms with E-state index in [1.807, 2.05) is 68.4 Å². The summed E-state index contributed by atoms with van der Waals surface area (Å²) < 4.78 is 0. The summed E-state index contributed by atoms with van der Waals surface area (Å²) >= 11 is 0. The van der Waals surface area contributed by atoms with Gasteiger partial charge in [-0.05, 0) is 36.8 Å². The Labute approximate surface area is 119 Å². The van der Waals surface area contributed by atoms with E-state index in [4.69, 9.17) is 0 Å². The molecule has 0 spiro atoms. The molecular weight excluding hydrogens is 250 g/mol. The first-order valence-corrected chi connectivity index (χ1v) is 6.46. The van der Waals surface area contributed by atoms with Gasteiger partial charge in [-0.1, -0.05) is 6.07 Å². The summed E-state index contributed by atoms with van der Waals surface area (Å²) in [5, 5.41) is 3.85. The number of benzene rings is 1. The molecule has 1 heterocycles. The van der Waals surface area contributed by atoms with Crippen molar-refractivity contribution in [3.05, 3.63) is 47.7 Å². The van der Waals surface area contributed by atoms with Crippen LogP contribution in [-0.4, -0.2) is 37.4 Å². The second-order valence-corrected chi connectivity index (χ2v) is 4.98. The van der Waals surface area contributed by atoms with E-state index in [0.29, 0.717) is 5.56 Å². The van der Waals surface area contributed by atoms with Crippen LogP contribution in [-0.2, 0) is 0 Å². The maximum Gasteiger partial charge on any atom is 0.152 e. The third-order valence-corrected chi connectivity index (χ3v) is 3.31. The predicted molar refractivity (Wildman–Crippen MR) is 81.9 cm³/mol. The summed E-state index contributed by atoms with van der Waals surface area (Å²) in [5.74, 6) is 0. The second-order valence-electron chi connectivity index (χ2n) is 4.98. The van der Waals surface area contributed by atoms with Crippen molar-refractivity contribution in [2.75, 3.05) is 26.2 Å². The minimum absolute atomic E-state index is 0.655. The molecule has 0 aliphatic heterocycles. The molecule has 104 valence electrons. The van der Waals surface area contributed by atoms with Crippen molar-refractivity contribution in [1.29, 1.82) is 0 Å². The highest BCUT2D eigenvalue weighted by Gasteiger charge is 2.11. The Morgan fingerprint density at radius 1 is 1.10 bits per heavy atom. The van der Waals surface area contributed by atoms with Crippen LogP contribution < -0.4 is 5.01 Å². The van der Waals surface area contributed by atoms with Gasteiger partial charge in [0, 0.05) is 38.5 Å². The van der Waals surface area contributed by atoms with Gasteiger partial charge in [0.05, 0.1) is 11.4 Å². The minimum Gasteiger partial charge on any atom is -0.309 e. The van der Waals surface area contributed by atoms with Gasteiger partial charge in [-0.2, -0.15) is 0 Å². The van der Waals surface area contributed by atoms with Crippen molar-refractivity contribution >= 4 is 12.0 Å². The Bertz CT molecular complexity index is 623. The number of aromatic nitrogens is 1. The normalized spacial score (nSPS) is 10.7. The zero-order valence-electron chi connectivity index (χ0n) is 12.3. The highest BCUT2D eigenvalue weighted by Crippen LogP contribution is 2.25. The molecule has 4 nitrogen and oxygen atoms in total. The van der Waals surface area contributed by atoms with Crippen molar-refractivity contribution in [1.82, 2.24) is 9.99 Å². The molecule has 0 bridgehead atoms. The molecule has 0 atom stereocenters. The van der Waals surface area contributed by atoms with Crippen molar-refractivity contribution in [3.8, 4) is 11.3 Å². The van der Waals surface area contributed by atoms with Crippen molar-refractivity contribution in [2.24, 2.45) is 0 Å². The summed E-state index contributed by atoms with van der Waals surface area (Å²) in [5.41, 5.74) is 4.51. The number of carbonyl (C=O) groups is 1. The average Bonchev–Trinajstić information content (AvgIpc) is 2.45. The molecule has 0 saturated carbocycles. The Balaban J connectivity index is 2.47. The molecule has 0 saturated heterocycles. The van der Waals surface area contributed by atoms with Gasteiger partial charge in [-0.25, -0.2) is 5.01 Å². The lowest BCUT2D eigenvalue weighted by Gasteiger charge is -2.27. The van der Waals surface area contributed by atoms with E-state index >= 15 is 0 Å². The highest BCUT2D eigenvalue weighted by molar-refractivity contribution is 5.87. The van der Waals surface area contributed by atoms with Gasteiger partial charge in [0.15, 0.2) is 6.29 Å². The third kappa shape index (κ3) is 2.86. The van der Waals surface area contributed by atoms with E-state index in [9.17, 15) is 4.79 Å². The van der Waals surface area contributed by atoms with Crippen molar-refractivity contribution < 1.29 is 4.79 Å². The van der Waals surface area contributed by atoms with Gasteiger partial charge in [-0.15, -0.1) is 0 Å². The molecule has 0 amide bonds. The van der Waals surface area contributed by atoms with E-state index in [2.05, 4.69) is 4.98 Å². The number of hydrogen-bond donors (Lipinski definition) is 0. The SMILES string of the molecule is Cc1ccnc(-c2ccc(N(C)N(C)C)c(C=O)c2)c1. The third-order valence-electron chi connectivity index (χ3n) is 3.31. The fourth-order valence-electron chi connectivity index (χ4n) is 2.01. The van der Waals surface area contributed by atoms with Crippen LogP contribution in [0.15, 0.2) is 36.5 Å². The molecule has 20 heavy (non-hydrogen) atoms. The Morgan fingerprint density at radius 3 is 2.45 bits per heavy atom. The fraction of sp³-hybridized carbons (Fsp3) is 0.250. The molecule has 2 aromatic rings. The molecule has 1 aromatic heterocycles. The first-order chi connectivity index (χ1) is 9.52. The van der Waals surface area contributed by atoms with Crippen LogP contribution in [0.5, 0.6) is 0 Å². The first-order valence-electron chi connectivity index (χ1n) is 6.46. The minimum atomic E-state index is 0.655. The lowest BCUT2D eigenvalue weighted by atomic mass is 10.0. The van der Waals surface area contributed by atoms with Gasteiger partial charge in [0.2, 0.25) is 0 Å². The molecule has 1 aromatic carbocycles. The first kappa shape index (κ1) is 14.2. The van der Waals surface area contributed by atoms with Crippen LogP contribution in [0.2, 0.25) is 0 Å². The molecule has 0 N–H and O–H groups in total. The topological polar surface area (TPSA) is 36.4 Å². The quantitative estimate of drug-likeness (QED) is 0.631. The Morgan fingerprint density at radius 2 is 1.85 bits per heavy atom. The number of carbonyl (C=O) groups excluding carboxylic acids is 1. The fourth-order valence-corrected chi connectivity index (χ4v) is 2.01. The van der Waals surface area contributed by atoms with Crippen LogP contribution in [0.4, 0.5) is 5.69 Å². The van der Waals surface area contributed by atoms with Crippen LogP contribution in [0, 0.1) is 6.92 Å². The van der Waals surface area contributed by atoms with Crippen LogP contribution in [0.1, 0.15) is 15.9 Å². The van der Waals surface area contributed by atoms with E-state index in [0.717, 1.165) is 28.8 Å². The largest absolute Gasteiger partial charge is 0.309 e. The molecule has 0 aliphatic carbocycles. The number of hydrogen-bond acceptors (Lipinski definition) is 4. The maximum atomic E-state index is 11.3. The van der Waals surface area contributed by atoms with Crippen LogP contribution in [0.3, 0.4) is 0 Å². The van der Waals surface area contributed by atoms with E-state index < -0.39 is 0 Å².